The van der Waals surface area contributed by atoms with Crippen molar-refractivity contribution in [2.45, 2.75) is 64.5 Å². The summed E-state index contributed by atoms with van der Waals surface area (Å²) in [5.41, 5.74) is 0.353. The van der Waals surface area contributed by atoms with Crippen molar-refractivity contribution in [3.05, 3.63) is 29.6 Å². The van der Waals surface area contributed by atoms with Gasteiger partial charge < -0.3 is 19.7 Å². The summed E-state index contributed by atoms with van der Waals surface area (Å²) >= 11 is 0. The molecule has 2 aliphatic rings. The van der Waals surface area contributed by atoms with Gasteiger partial charge in [-0.25, -0.2) is 9.18 Å². The predicted octanol–water partition coefficient (Wildman–Crippen LogP) is 4.92. The van der Waals surface area contributed by atoms with Gasteiger partial charge in [-0.1, -0.05) is 39.0 Å². The van der Waals surface area contributed by atoms with Crippen molar-refractivity contribution in [1.29, 1.82) is 0 Å². The minimum absolute atomic E-state index is 0. The molecule has 2 fully saturated rings. The number of hydrogen-bond donors (Lipinski definition) is 1. The predicted molar refractivity (Wildman–Crippen MR) is 114 cm³/mol. The molecule has 3 rings (SSSR count). The van der Waals surface area contributed by atoms with Gasteiger partial charge in [0, 0.05) is 31.2 Å². The van der Waals surface area contributed by atoms with E-state index in [9.17, 15) is 9.18 Å². The largest absolute Gasteiger partial charge is 0.494 e. The van der Waals surface area contributed by atoms with Gasteiger partial charge in [0.15, 0.2) is 0 Å². The number of nitrogens with one attached hydrogen (secondary N) is 1. The Morgan fingerprint density at radius 1 is 1.28 bits per heavy atom. The molecule has 1 saturated carbocycles. The lowest BCUT2D eigenvalue weighted by atomic mass is 9.87. The molecule has 1 aromatic rings. The highest BCUT2D eigenvalue weighted by Gasteiger charge is 2.26. The first-order chi connectivity index (χ1) is 13.7. The minimum Gasteiger partial charge on any atom is -0.494 e. The second kappa shape index (κ2) is 12.2. The molecule has 1 heterocycles. The first-order valence-corrected chi connectivity index (χ1v) is 10.7. The van der Waals surface area contributed by atoms with E-state index in [0.717, 1.165) is 31.8 Å². The van der Waals surface area contributed by atoms with Crippen LogP contribution >= 0.6 is 12.4 Å². The van der Waals surface area contributed by atoms with Gasteiger partial charge in [-0.3, -0.25) is 0 Å². The third kappa shape index (κ3) is 7.03. The van der Waals surface area contributed by atoms with Gasteiger partial charge in [0.25, 0.3) is 0 Å². The molecule has 29 heavy (non-hydrogen) atoms. The Balaban J connectivity index is 0.00000300. The van der Waals surface area contributed by atoms with Gasteiger partial charge in [-0.05, 0) is 37.0 Å². The fourth-order valence-electron chi connectivity index (χ4n) is 4.16. The van der Waals surface area contributed by atoms with Crippen LogP contribution in [0.3, 0.4) is 0 Å². The van der Waals surface area contributed by atoms with Gasteiger partial charge in [0.1, 0.15) is 18.2 Å². The molecule has 0 spiro atoms. The zero-order chi connectivity index (χ0) is 19.8. The van der Waals surface area contributed by atoms with Crippen LogP contribution in [0.5, 0.6) is 5.75 Å². The summed E-state index contributed by atoms with van der Waals surface area (Å²) < 4.78 is 25.4. The van der Waals surface area contributed by atoms with E-state index in [1.807, 2.05) is 6.92 Å². The van der Waals surface area contributed by atoms with Gasteiger partial charge in [-0.2, -0.15) is 0 Å². The van der Waals surface area contributed by atoms with Crippen LogP contribution in [0.25, 0.3) is 0 Å². The van der Waals surface area contributed by atoms with Gasteiger partial charge in [0.05, 0.1) is 6.61 Å². The zero-order valence-electron chi connectivity index (χ0n) is 17.3. The molecule has 0 bridgehead atoms. The summed E-state index contributed by atoms with van der Waals surface area (Å²) in [6.45, 7) is 4.75. The van der Waals surface area contributed by atoms with E-state index in [2.05, 4.69) is 5.32 Å². The molecule has 1 aliphatic carbocycles. The number of carbonyl (C=O) groups excluding carboxylic acids is 1. The number of benzene rings is 1. The van der Waals surface area contributed by atoms with Crippen LogP contribution in [0.15, 0.2) is 18.2 Å². The summed E-state index contributed by atoms with van der Waals surface area (Å²) in [4.78, 5) is 14.1. The van der Waals surface area contributed by atoms with E-state index in [1.165, 1.54) is 38.2 Å². The van der Waals surface area contributed by atoms with Gasteiger partial charge >= 0.3 is 6.09 Å². The number of nitrogens with zero attached hydrogens (tertiary/aromatic N) is 1. The molecule has 0 unspecified atom stereocenters. The first-order valence-electron chi connectivity index (χ1n) is 10.7. The fraction of sp³-hybridized carbons (Fsp3) is 0.682. The molecule has 1 N–H and O–H groups in total. The molecule has 1 aliphatic heterocycles. The average Bonchev–Trinajstić information content (AvgIpc) is 2.74. The highest BCUT2D eigenvalue weighted by Crippen LogP contribution is 2.27. The molecule has 0 radical (unpaired) electrons. The highest BCUT2D eigenvalue weighted by molar-refractivity contribution is 5.85. The summed E-state index contributed by atoms with van der Waals surface area (Å²) in [6.07, 6.45) is 8.10. The van der Waals surface area contributed by atoms with E-state index < -0.39 is 0 Å². The average molecular weight is 429 g/mol. The molecule has 7 heteroatoms. The molecule has 164 valence electrons. The van der Waals surface area contributed by atoms with E-state index in [0.29, 0.717) is 24.5 Å². The topological polar surface area (TPSA) is 50.8 Å². The first kappa shape index (κ1) is 23.7. The second-order valence-electron chi connectivity index (χ2n) is 7.91. The maximum absolute atomic E-state index is 14.1. The van der Waals surface area contributed by atoms with Crippen LogP contribution in [-0.2, 0) is 11.3 Å². The van der Waals surface area contributed by atoms with Crippen molar-refractivity contribution in [3.8, 4) is 5.75 Å². The zero-order valence-corrected chi connectivity index (χ0v) is 18.1. The number of ether oxygens (including phenoxy) is 2. The number of hydrogen-bond acceptors (Lipinski definition) is 4. The summed E-state index contributed by atoms with van der Waals surface area (Å²) in [5.74, 6) is 1.01. The SMILES string of the molecule is CC[C@@H]1CNCCN1C(=O)OCc1cc(OCCC2CCCCC2)ccc1F.Cl. The molecule has 1 atom stereocenters. The lowest BCUT2D eigenvalue weighted by molar-refractivity contribution is 0.0706. The van der Waals surface area contributed by atoms with Gasteiger partial charge in [0.2, 0.25) is 0 Å². The van der Waals surface area contributed by atoms with Crippen molar-refractivity contribution in [3.63, 3.8) is 0 Å². The summed E-state index contributed by atoms with van der Waals surface area (Å²) in [5, 5.41) is 3.28. The van der Waals surface area contributed by atoms with Crippen LogP contribution in [0, 0.1) is 11.7 Å². The Morgan fingerprint density at radius 2 is 2.07 bits per heavy atom. The molecule has 0 aromatic heterocycles. The van der Waals surface area contributed by atoms with Crippen molar-refractivity contribution >= 4 is 18.5 Å². The number of halogens is 2. The lowest BCUT2D eigenvalue weighted by Gasteiger charge is -2.34. The van der Waals surface area contributed by atoms with Crippen LogP contribution in [-0.4, -0.2) is 43.3 Å². The Hall–Kier alpha value is -1.53. The highest BCUT2D eigenvalue weighted by atomic mass is 35.5. The van der Waals surface area contributed by atoms with Gasteiger partial charge in [-0.15, -0.1) is 12.4 Å². The maximum Gasteiger partial charge on any atom is 0.410 e. The number of piperazine rings is 1. The van der Waals surface area contributed by atoms with Crippen LogP contribution in [0.1, 0.15) is 57.4 Å². The van der Waals surface area contributed by atoms with E-state index in [4.69, 9.17) is 9.47 Å². The Labute approximate surface area is 179 Å². The molecule has 1 amide bonds. The van der Waals surface area contributed by atoms with Crippen LogP contribution in [0.2, 0.25) is 0 Å². The number of amides is 1. The van der Waals surface area contributed by atoms with Crippen LogP contribution < -0.4 is 10.1 Å². The molecule has 1 aromatic carbocycles. The monoisotopic (exact) mass is 428 g/mol. The third-order valence-electron chi connectivity index (χ3n) is 5.94. The summed E-state index contributed by atoms with van der Waals surface area (Å²) in [6, 6.07) is 4.81. The Morgan fingerprint density at radius 3 is 2.83 bits per heavy atom. The fourth-order valence-corrected chi connectivity index (χ4v) is 4.16. The Kier molecular flexibility index (Phi) is 10.0. The Bertz CT molecular complexity index is 640. The molecular weight excluding hydrogens is 395 g/mol. The molecule has 1 saturated heterocycles. The third-order valence-corrected chi connectivity index (χ3v) is 5.94. The van der Waals surface area contributed by atoms with Crippen molar-refractivity contribution in [2.75, 3.05) is 26.2 Å². The van der Waals surface area contributed by atoms with Crippen molar-refractivity contribution in [1.82, 2.24) is 10.2 Å². The summed E-state index contributed by atoms with van der Waals surface area (Å²) in [7, 11) is 0. The van der Waals surface area contributed by atoms with E-state index in [-0.39, 0.29) is 37.0 Å². The second-order valence-corrected chi connectivity index (χ2v) is 7.91. The van der Waals surface area contributed by atoms with Crippen molar-refractivity contribution < 1.29 is 18.7 Å². The van der Waals surface area contributed by atoms with Crippen LogP contribution in [0.4, 0.5) is 9.18 Å². The number of carbonyl (C=O) groups is 1. The normalized spacial score (nSPS) is 20.1. The van der Waals surface area contributed by atoms with E-state index >= 15 is 0 Å². The quantitative estimate of drug-likeness (QED) is 0.669. The van der Waals surface area contributed by atoms with Crippen molar-refractivity contribution in [2.24, 2.45) is 5.92 Å². The number of rotatable bonds is 7. The standard InChI is InChI=1S/C22H33FN2O3.ClH/c1-2-19-15-24-11-12-25(19)22(26)28-16-18-14-20(8-9-21(18)23)27-13-10-17-6-4-3-5-7-17;/h8-9,14,17,19,24H,2-7,10-13,15-16H2,1H3;1H/t19-;/m1./s1. The smallest absolute Gasteiger partial charge is 0.410 e. The maximum atomic E-state index is 14.1. The van der Waals surface area contributed by atoms with E-state index in [1.54, 1.807) is 17.0 Å². The lowest BCUT2D eigenvalue weighted by Crippen LogP contribution is -2.53. The molecular formula is C22H34ClFN2O3. The molecule has 5 nitrogen and oxygen atoms in total. The minimum atomic E-state index is -0.378.